The van der Waals surface area contributed by atoms with Crippen LogP contribution in [0.3, 0.4) is 0 Å². The molecule has 2 aromatic heterocycles. The van der Waals surface area contributed by atoms with Crippen LogP contribution in [-0.4, -0.2) is 61.2 Å². The third-order valence-corrected chi connectivity index (χ3v) is 6.55. The molecule has 168 valence electrons. The van der Waals surface area contributed by atoms with Crippen molar-refractivity contribution in [2.45, 2.75) is 49.7 Å². The van der Waals surface area contributed by atoms with Crippen LogP contribution in [0.5, 0.6) is 5.75 Å². The van der Waals surface area contributed by atoms with E-state index in [0.29, 0.717) is 18.4 Å². The average Bonchev–Trinajstić information content (AvgIpc) is 3.23. The van der Waals surface area contributed by atoms with Gasteiger partial charge in [-0.2, -0.15) is 5.10 Å². The molecule has 4 heterocycles. The Hall–Kier alpha value is -3.14. The maximum atomic E-state index is 15.0. The summed E-state index contributed by atoms with van der Waals surface area (Å²) < 4.78 is 31.8. The predicted molar refractivity (Wildman–Crippen MR) is 115 cm³/mol. The van der Waals surface area contributed by atoms with Gasteiger partial charge in [0, 0.05) is 31.9 Å². The van der Waals surface area contributed by atoms with Gasteiger partial charge in [0.2, 0.25) is 0 Å². The predicted octanol–water partition coefficient (Wildman–Crippen LogP) is 3.00. The molecule has 2 aliphatic rings. The first kappa shape index (κ1) is 20.7. The van der Waals surface area contributed by atoms with E-state index in [-0.39, 0.29) is 23.4 Å². The molecule has 3 aromatic rings. The number of benzene rings is 1. The summed E-state index contributed by atoms with van der Waals surface area (Å²) in [6, 6.07) is 3.48. The van der Waals surface area contributed by atoms with Crippen molar-refractivity contribution in [3.63, 3.8) is 0 Å². The molecule has 32 heavy (non-hydrogen) atoms. The first-order chi connectivity index (χ1) is 15.3. The molecule has 1 aromatic carbocycles. The van der Waals surface area contributed by atoms with Gasteiger partial charge in [0.25, 0.3) is 5.92 Å². The minimum atomic E-state index is -2.87. The van der Waals surface area contributed by atoms with E-state index >= 15 is 8.78 Å². The number of aryl methyl sites for hydroxylation is 1. The maximum Gasteiger partial charge on any atom is 0.283 e. The molecule has 10 heteroatoms. The Morgan fingerprint density at radius 2 is 2.03 bits per heavy atom. The van der Waals surface area contributed by atoms with Gasteiger partial charge in [-0.1, -0.05) is 12.5 Å². The van der Waals surface area contributed by atoms with Crippen LogP contribution in [0.15, 0.2) is 36.8 Å². The Balaban J connectivity index is 1.37. The molecule has 0 aliphatic carbocycles. The Morgan fingerprint density at radius 3 is 2.72 bits per heavy atom. The topological polar surface area (TPSA) is 92.0 Å². The number of nitrogens with zero attached hydrogens (tertiary/aromatic N) is 6. The van der Waals surface area contributed by atoms with Gasteiger partial charge in [-0.25, -0.2) is 13.8 Å². The summed E-state index contributed by atoms with van der Waals surface area (Å²) in [5, 5.41) is 26.0. The second-order valence-electron chi connectivity index (χ2n) is 8.66. The average molecular weight is 441 g/mol. The molecule has 0 unspecified atom stereocenters. The first-order valence-electron chi connectivity index (χ1n) is 10.7. The Kier molecular flexibility index (Phi) is 5.04. The fourth-order valence-corrected chi connectivity index (χ4v) is 4.77. The van der Waals surface area contributed by atoms with E-state index in [9.17, 15) is 5.11 Å². The number of halogens is 2. The van der Waals surface area contributed by atoms with Gasteiger partial charge < -0.3 is 15.3 Å². The highest BCUT2D eigenvalue weighted by Crippen LogP contribution is 2.40. The van der Waals surface area contributed by atoms with E-state index in [1.807, 2.05) is 19.3 Å². The van der Waals surface area contributed by atoms with Crippen LogP contribution in [0, 0.1) is 0 Å². The fourth-order valence-electron chi connectivity index (χ4n) is 4.77. The molecule has 2 fully saturated rings. The van der Waals surface area contributed by atoms with Crippen molar-refractivity contribution in [1.29, 1.82) is 0 Å². The monoisotopic (exact) mass is 441 g/mol. The van der Waals surface area contributed by atoms with Crippen LogP contribution in [0.4, 0.5) is 14.6 Å². The number of hydrogen-bond acceptors (Lipinski definition) is 7. The number of phenols is 1. The van der Waals surface area contributed by atoms with Crippen LogP contribution in [-0.2, 0) is 7.05 Å². The largest absolute Gasteiger partial charge is 0.507 e. The van der Waals surface area contributed by atoms with Crippen molar-refractivity contribution < 1.29 is 13.9 Å². The van der Waals surface area contributed by atoms with E-state index in [1.165, 1.54) is 11.1 Å². The Bertz CT molecular complexity index is 1120. The molecule has 0 saturated carbocycles. The van der Waals surface area contributed by atoms with E-state index in [1.54, 1.807) is 30.1 Å². The Labute approximate surface area is 184 Å². The number of phenolic OH excluding ortho intramolecular Hbond substituents is 1. The molecule has 0 radical (unpaired) electrons. The number of rotatable bonds is 4. The van der Waals surface area contributed by atoms with Crippen LogP contribution in [0.1, 0.15) is 25.7 Å². The quantitative estimate of drug-likeness (QED) is 0.643. The zero-order valence-electron chi connectivity index (χ0n) is 17.9. The van der Waals surface area contributed by atoms with Crippen LogP contribution in [0.25, 0.3) is 22.5 Å². The summed E-state index contributed by atoms with van der Waals surface area (Å²) in [4.78, 5) is 5.79. The van der Waals surface area contributed by atoms with Crippen LogP contribution >= 0.6 is 0 Å². The van der Waals surface area contributed by atoms with Crippen molar-refractivity contribution in [3.8, 4) is 28.3 Å². The molecule has 8 nitrogen and oxygen atoms in total. The molecule has 2 saturated heterocycles. The highest BCUT2D eigenvalue weighted by Gasteiger charge is 2.54. The highest BCUT2D eigenvalue weighted by atomic mass is 19.3. The van der Waals surface area contributed by atoms with Gasteiger partial charge in [0.15, 0.2) is 11.6 Å². The summed E-state index contributed by atoms with van der Waals surface area (Å²) >= 11 is 0. The number of aromatic nitrogens is 5. The third-order valence-electron chi connectivity index (χ3n) is 6.55. The Morgan fingerprint density at radius 1 is 1.19 bits per heavy atom. The summed E-state index contributed by atoms with van der Waals surface area (Å²) in [7, 11) is 3.44. The lowest BCUT2D eigenvalue weighted by Crippen LogP contribution is -2.67. The fraction of sp³-hybridized carbons (Fsp3) is 0.455. The summed E-state index contributed by atoms with van der Waals surface area (Å²) in [6.45, 7) is 0. The van der Waals surface area contributed by atoms with Gasteiger partial charge in [-0.3, -0.25) is 4.68 Å². The number of anilines is 1. The SMILES string of the molecule is CN(c1cnc(-c2ccc(-c3cnn(C)c3)cc2O)nn1)[C@@H]1C[C@H]2CCC[C@H](N2)C1(F)F. The lowest BCUT2D eigenvalue weighted by atomic mass is 9.80. The van der Waals surface area contributed by atoms with Crippen LogP contribution in [0.2, 0.25) is 0 Å². The van der Waals surface area contributed by atoms with E-state index in [0.717, 1.165) is 24.0 Å². The first-order valence-corrected chi connectivity index (χ1v) is 10.7. The summed E-state index contributed by atoms with van der Waals surface area (Å²) in [5.41, 5.74) is 2.10. The molecule has 3 atom stereocenters. The molecule has 2 aliphatic heterocycles. The summed E-state index contributed by atoms with van der Waals surface area (Å²) in [6.07, 6.45) is 7.56. The van der Waals surface area contributed by atoms with Gasteiger partial charge in [0.1, 0.15) is 5.75 Å². The van der Waals surface area contributed by atoms with Crippen molar-refractivity contribution in [3.05, 3.63) is 36.8 Å². The third kappa shape index (κ3) is 3.58. The molecule has 0 amide bonds. The van der Waals surface area contributed by atoms with E-state index < -0.39 is 18.0 Å². The molecule has 5 rings (SSSR count). The number of aromatic hydroxyl groups is 1. The number of piperidine rings is 2. The van der Waals surface area contributed by atoms with Crippen LogP contribution < -0.4 is 10.2 Å². The van der Waals surface area contributed by atoms with Gasteiger partial charge in [-0.05, 0) is 37.0 Å². The molecule has 2 N–H and O–H groups in total. The lowest BCUT2D eigenvalue weighted by molar-refractivity contribution is -0.0989. The standard InChI is InChI=1S/C22H25F2N7O/c1-30-12-14(10-26-30)13-6-7-16(17(32)8-13)21-25-11-20(28-29-21)31(2)19-9-15-4-3-5-18(27-15)22(19,23)24/h6-8,10-12,15,18-19,27,32H,3-5,9H2,1-2H3/t15-,18+,19-/m1/s1. The number of hydrogen-bond donors (Lipinski definition) is 2. The van der Waals surface area contributed by atoms with E-state index in [4.69, 9.17) is 0 Å². The van der Waals surface area contributed by atoms with Crippen molar-refractivity contribution in [2.24, 2.45) is 7.05 Å². The highest BCUT2D eigenvalue weighted by molar-refractivity contribution is 5.72. The van der Waals surface area contributed by atoms with Crippen molar-refractivity contribution in [2.75, 3.05) is 11.9 Å². The second-order valence-corrected chi connectivity index (χ2v) is 8.66. The molecular weight excluding hydrogens is 416 g/mol. The van der Waals surface area contributed by atoms with Gasteiger partial charge in [0.05, 0.1) is 30.0 Å². The number of fused-ring (bicyclic) bond motifs is 2. The molecule has 2 bridgehead atoms. The minimum Gasteiger partial charge on any atom is -0.507 e. The smallest absolute Gasteiger partial charge is 0.283 e. The molecule has 0 spiro atoms. The van der Waals surface area contributed by atoms with E-state index in [2.05, 4.69) is 25.6 Å². The summed E-state index contributed by atoms with van der Waals surface area (Å²) in [5.74, 6) is -2.35. The minimum absolute atomic E-state index is 0.00645. The second kappa shape index (κ2) is 7.77. The number of alkyl halides is 2. The zero-order valence-corrected chi connectivity index (χ0v) is 17.9. The van der Waals surface area contributed by atoms with Crippen molar-refractivity contribution in [1.82, 2.24) is 30.3 Å². The lowest BCUT2D eigenvalue weighted by Gasteiger charge is -2.48. The normalized spacial score (nSPS) is 24.3. The number of nitrogens with one attached hydrogen (secondary N) is 1. The zero-order chi connectivity index (χ0) is 22.5. The van der Waals surface area contributed by atoms with Crippen molar-refractivity contribution >= 4 is 5.82 Å². The molecular formula is C22H25F2N7O. The van der Waals surface area contributed by atoms with Gasteiger partial charge >= 0.3 is 0 Å². The maximum absolute atomic E-state index is 15.0. The van der Waals surface area contributed by atoms with Gasteiger partial charge in [-0.15, -0.1) is 10.2 Å².